The Kier molecular flexibility index (Phi) is 4.05. The molecular weight excluding hydrogens is 142 g/mol. The molecule has 0 unspecified atom stereocenters. The first-order chi connectivity index (χ1) is 4.18. The van der Waals surface area contributed by atoms with Crippen LogP contribution in [0.4, 0.5) is 0 Å². The van der Waals surface area contributed by atoms with Crippen LogP contribution in [0.15, 0.2) is 11.2 Å². The lowest BCUT2D eigenvalue weighted by Crippen LogP contribution is -1.89. The van der Waals surface area contributed by atoms with Crippen molar-refractivity contribution in [2.24, 2.45) is 0 Å². The lowest BCUT2D eigenvalue weighted by Gasteiger charge is -1.84. The number of nitrogens with zero attached hydrogens (tertiary/aromatic N) is 1. The molecule has 0 atom stereocenters. The maximum Gasteiger partial charge on any atom is 0.333 e. The van der Waals surface area contributed by atoms with Gasteiger partial charge in [0, 0.05) is 6.08 Å². The SMILES string of the molecule is CCC/C=C(\Cl)[N+](=O)[O-]. The van der Waals surface area contributed by atoms with Gasteiger partial charge < -0.3 is 0 Å². The van der Waals surface area contributed by atoms with Gasteiger partial charge >= 0.3 is 5.16 Å². The lowest BCUT2D eigenvalue weighted by atomic mass is 10.3. The minimum absolute atomic E-state index is 0.281. The molecule has 0 saturated carbocycles. The van der Waals surface area contributed by atoms with E-state index in [2.05, 4.69) is 0 Å². The van der Waals surface area contributed by atoms with Crippen LogP contribution in [0, 0.1) is 10.1 Å². The standard InChI is InChI=1S/C5H8ClNO2/c1-2-3-4-5(6)7(8)9/h4H,2-3H2,1H3/b5-4+. The van der Waals surface area contributed by atoms with Crippen molar-refractivity contribution in [1.29, 1.82) is 0 Å². The summed E-state index contributed by atoms with van der Waals surface area (Å²) < 4.78 is 0. The Balaban J connectivity index is 3.69. The van der Waals surface area contributed by atoms with Gasteiger partial charge in [-0.1, -0.05) is 13.3 Å². The normalized spacial score (nSPS) is 11.6. The largest absolute Gasteiger partial charge is 0.333 e. The Bertz CT molecular complexity index is 133. The molecule has 52 valence electrons. The fourth-order valence-corrected chi connectivity index (χ4v) is 0.447. The van der Waals surface area contributed by atoms with Crippen LogP contribution < -0.4 is 0 Å². The summed E-state index contributed by atoms with van der Waals surface area (Å²) >= 11 is 5.16. The van der Waals surface area contributed by atoms with Gasteiger partial charge in [-0.05, 0) is 18.0 Å². The monoisotopic (exact) mass is 149 g/mol. The van der Waals surface area contributed by atoms with Gasteiger partial charge in [-0.25, -0.2) is 0 Å². The summed E-state index contributed by atoms with van der Waals surface area (Å²) in [4.78, 5) is 9.21. The van der Waals surface area contributed by atoms with Crippen LogP contribution >= 0.6 is 11.6 Å². The summed E-state index contributed by atoms with van der Waals surface area (Å²) in [7, 11) is 0. The minimum atomic E-state index is -0.600. The van der Waals surface area contributed by atoms with E-state index in [0.717, 1.165) is 6.42 Å². The zero-order valence-electron chi connectivity index (χ0n) is 5.13. The molecule has 0 amide bonds. The highest BCUT2D eigenvalue weighted by Crippen LogP contribution is 2.03. The number of halogens is 1. The first-order valence-electron chi connectivity index (χ1n) is 2.68. The van der Waals surface area contributed by atoms with Gasteiger partial charge in [0.1, 0.15) is 0 Å². The molecule has 0 aliphatic rings. The van der Waals surface area contributed by atoms with Crippen molar-refractivity contribution in [3.63, 3.8) is 0 Å². The van der Waals surface area contributed by atoms with E-state index in [9.17, 15) is 10.1 Å². The van der Waals surface area contributed by atoms with E-state index in [1.165, 1.54) is 6.08 Å². The van der Waals surface area contributed by atoms with E-state index in [1.54, 1.807) is 0 Å². The number of hydrogen-bond acceptors (Lipinski definition) is 2. The third kappa shape index (κ3) is 3.97. The molecule has 9 heavy (non-hydrogen) atoms. The van der Waals surface area contributed by atoms with Crippen LogP contribution in [0.2, 0.25) is 0 Å². The van der Waals surface area contributed by atoms with Gasteiger partial charge in [-0.3, -0.25) is 10.1 Å². The summed E-state index contributed by atoms with van der Waals surface area (Å²) in [5.41, 5.74) is 0. The summed E-state index contributed by atoms with van der Waals surface area (Å²) in [5.74, 6) is 0. The van der Waals surface area contributed by atoms with E-state index in [-0.39, 0.29) is 5.16 Å². The second-order valence-electron chi connectivity index (χ2n) is 1.57. The fraction of sp³-hybridized carbons (Fsp3) is 0.600. The smallest absolute Gasteiger partial charge is 0.257 e. The summed E-state index contributed by atoms with van der Waals surface area (Å²) in [6.45, 7) is 1.93. The molecule has 0 fully saturated rings. The Morgan fingerprint density at radius 2 is 2.44 bits per heavy atom. The number of rotatable bonds is 3. The van der Waals surface area contributed by atoms with E-state index in [4.69, 9.17) is 11.6 Å². The van der Waals surface area contributed by atoms with E-state index in [0.29, 0.717) is 6.42 Å². The lowest BCUT2D eigenvalue weighted by molar-refractivity contribution is -0.412. The van der Waals surface area contributed by atoms with Crippen molar-refractivity contribution in [1.82, 2.24) is 0 Å². The zero-order valence-corrected chi connectivity index (χ0v) is 5.89. The van der Waals surface area contributed by atoms with Gasteiger partial charge in [0.2, 0.25) is 0 Å². The molecule has 0 aliphatic carbocycles. The molecule has 0 heterocycles. The van der Waals surface area contributed by atoms with Crippen molar-refractivity contribution in [2.75, 3.05) is 0 Å². The highest BCUT2D eigenvalue weighted by Gasteiger charge is 2.01. The van der Waals surface area contributed by atoms with E-state index in [1.807, 2.05) is 6.92 Å². The molecule has 0 spiro atoms. The highest BCUT2D eigenvalue weighted by atomic mass is 35.5. The van der Waals surface area contributed by atoms with Crippen molar-refractivity contribution >= 4 is 11.6 Å². The quantitative estimate of drug-likeness (QED) is 0.351. The van der Waals surface area contributed by atoms with Gasteiger partial charge in [-0.2, -0.15) is 0 Å². The first-order valence-corrected chi connectivity index (χ1v) is 3.06. The third-order valence-corrected chi connectivity index (χ3v) is 1.07. The van der Waals surface area contributed by atoms with Gasteiger partial charge in [0.05, 0.1) is 4.92 Å². The summed E-state index contributed by atoms with van der Waals surface area (Å²) in [5, 5.41) is 9.53. The predicted molar refractivity (Wildman–Crippen MR) is 35.8 cm³/mol. The van der Waals surface area contributed by atoms with Crippen LogP contribution in [-0.4, -0.2) is 4.92 Å². The van der Waals surface area contributed by atoms with Crippen LogP contribution in [0.25, 0.3) is 0 Å². The highest BCUT2D eigenvalue weighted by molar-refractivity contribution is 6.27. The zero-order chi connectivity index (χ0) is 7.28. The molecule has 0 bridgehead atoms. The van der Waals surface area contributed by atoms with Crippen LogP contribution in [-0.2, 0) is 0 Å². The molecule has 3 nitrogen and oxygen atoms in total. The Morgan fingerprint density at radius 1 is 1.89 bits per heavy atom. The van der Waals surface area contributed by atoms with Crippen molar-refractivity contribution in [3.05, 3.63) is 21.3 Å². The van der Waals surface area contributed by atoms with Crippen molar-refractivity contribution in [3.8, 4) is 0 Å². The van der Waals surface area contributed by atoms with E-state index < -0.39 is 4.92 Å². The molecule has 0 aromatic carbocycles. The maximum absolute atomic E-state index is 9.81. The fourth-order valence-electron chi connectivity index (χ4n) is 0.338. The number of hydrogen-bond donors (Lipinski definition) is 0. The van der Waals surface area contributed by atoms with Crippen molar-refractivity contribution in [2.45, 2.75) is 19.8 Å². The molecule has 0 aliphatic heterocycles. The molecule has 0 aromatic rings. The molecule has 0 N–H and O–H groups in total. The van der Waals surface area contributed by atoms with Gasteiger partial charge in [-0.15, -0.1) is 0 Å². The predicted octanol–water partition coefficient (Wildman–Crippen LogP) is 2.14. The van der Waals surface area contributed by atoms with Gasteiger partial charge in [0.15, 0.2) is 0 Å². The molecule has 0 rings (SSSR count). The minimum Gasteiger partial charge on any atom is -0.257 e. The second kappa shape index (κ2) is 4.32. The molecule has 0 saturated heterocycles. The summed E-state index contributed by atoms with van der Waals surface area (Å²) in [6, 6.07) is 0. The maximum atomic E-state index is 9.81. The Morgan fingerprint density at radius 3 is 2.78 bits per heavy atom. The Labute approximate surface area is 58.5 Å². The van der Waals surface area contributed by atoms with Crippen LogP contribution in [0.3, 0.4) is 0 Å². The number of nitro groups is 1. The number of unbranched alkanes of at least 4 members (excludes halogenated alkanes) is 1. The molecule has 0 aromatic heterocycles. The second-order valence-corrected chi connectivity index (χ2v) is 1.96. The number of allylic oxidation sites excluding steroid dienone is 1. The molecular formula is C5H8ClNO2. The Hall–Kier alpha value is -0.570. The van der Waals surface area contributed by atoms with Crippen LogP contribution in [0.1, 0.15) is 19.8 Å². The third-order valence-electron chi connectivity index (χ3n) is 0.776. The van der Waals surface area contributed by atoms with E-state index >= 15 is 0 Å². The van der Waals surface area contributed by atoms with Crippen LogP contribution in [0.5, 0.6) is 0 Å². The molecule has 0 radical (unpaired) electrons. The summed E-state index contributed by atoms with van der Waals surface area (Å²) in [6.07, 6.45) is 2.95. The molecule has 4 heteroatoms. The average molecular weight is 150 g/mol. The van der Waals surface area contributed by atoms with Crippen molar-refractivity contribution < 1.29 is 4.92 Å². The first kappa shape index (κ1) is 8.43. The van der Waals surface area contributed by atoms with Gasteiger partial charge in [0.25, 0.3) is 0 Å². The topological polar surface area (TPSA) is 43.1 Å². The average Bonchev–Trinajstić information content (AvgIpc) is 1.82.